The van der Waals surface area contributed by atoms with Crippen LogP contribution in [0.5, 0.6) is 0 Å². The quantitative estimate of drug-likeness (QED) is 0.832. The zero-order valence-corrected chi connectivity index (χ0v) is 11.6. The lowest BCUT2D eigenvalue weighted by Gasteiger charge is -2.10. The Morgan fingerprint density at radius 3 is 2.78 bits per heavy atom. The van der Waals surface area contributed by atoms with Gasteiger partial charge in [0.1, 0.15) is 17.3 Å². The highest BCUT2D eigenvalue weighted by Gasteiger charge is 2.07. The van der Waals surface area contributed by atoms with Crippen molar-refractivity contribution in [1.29, 1.82) is 0 Å². The first-order chi connectivity index (χ1) is 8.78. The van der Waals surface area contributed by atoms with Gasteiger partial charge in [0.05, 0.1) is 18.6 Å². The number of rotatable bonds is 7. The fourth-order valence-electron chi connectivity index (χ4n) is 1.81. The van der Waals surface area contributed by atoms with Crippen LogP contribution in [0.2, 0.25) is 0 Å². The van der Waals surface area contributed by atoms with E-state index in [0.29, 0.717) is 6.04 Å². The molecule has 2 aromatic rings. The van der Waals surface area contributed by atoms with Crippen LogP contribution in [0.1, 0.15) is 24.2 Å². The molecule has 0 aromatic carbocycles. The van der Waals surface area contributed by atoms with Gasteiger partial charge < -0.3 is 14.2 Å². The van der Waals surface area contributed by atoms with Crippen LogP contribution < -0.4 is 5.32 Å². The molecule has 0 spiro atoms. The third-order valence-electron chi connectivity index (χ3n) is 2.72. The monoisotopic (exact) mass is 265 g/mol. The lowest BCUT2D eigenvalue weighted by molar-refractivity contribution is 0.418. The topological polar surface area (TPSA) is 38.3 Å². The lowest BCUT2D eigenvalue weighted by Crippen LogP contribution is -2.27. The van der Waals surface area contributed by atoms with Crippen molar-refractivity contribution < 1.29 is 8.83 Å². The molecule has 1 N–H and O–H groups in total. The second-order valence-electron chi connectivity index (χ2n) is 4.37. The molecule has 0 radical (unpaired) electrons. The van der Waals surface area contributed by atoms with Gasteiger partial charge in [0, 0.05) is 12.5 Å². The molecule has 2 heterocycles. The number of hydrogen-bond donors (Lipinski definition) is 1. The fraction of sp³-hybridized carbons (Fsp3) is 0.429. The minimum Gasteiger partial charge on any atom is -0.469 e. The van der Waals surface area contributed by atoms with Gasteiger partial charge in [-0.15, -0.1) is 0 Å². The smallest absolute Gasteiger partial charge is 0.118 e. The Labute approximate surface area is 112 Å². The molecule has 2 aromatic heterocycles. The first-order valence-electron chi connectivity index (χ1n) is 6.10. The maximum Gasteiger partial charge on any atom is 0.118 e. The predicted octanol–water partition coefficient (Wildman–Crippen LogP) is 3.46. The van der Waals surface area contributed by atoms with Gasteiger partial charge in [-0.05, 0) is 37.4 Å². The van der Waals surface area contributed by atoms with Crippen molar-refractivity contribution in [3.63, 3.8) is 0 Å². The zero-order chi connectivity index (χ0) is 12.8. The van der Waals surface area contributed by atoms with Crippen molar-refractivity contribution in [3.8, 4) is 0 Å². The van der Waals surface area contributed by atoms with E-state index >= 15 is 0 Å². The summed E-state index contributed by atoms with van der Waals surface area (Å²) in [5, 5.41) is 3.43. The van der Waals surface area contributed by atoms with Gasteiger partial charge >= 0.3 is 0 Å². The van der Waals surface area contributed by atoms with Crippen LogP contribution in [0.25, 0.3) is 0 Å². The van der Waals surface area contributed by atoms with Crippen LogP contribution in [-0.4, -0.2) is 12.3 Å². The first-order valence-corrected chi connectivity index (χ1v) is 7.49. The highest BCUT2D eigenvalue weighted by molar-refractivity contribution is 7.97. The van der Waals surface area contributed by atoms with Crippen molar-refractivity contribution >= 4 is 11.8 Å². The summed E-state index contributed by atoms with van der Waals surface area (Å²) < 4.78 is 11.0. The summed E-state index contributed by atoms with van der Waals surface area (Å²) in [5.41, 5.74) is 0. The summed E-state index contributed by atoms with van der Waals surface area (Å²) in [6.45, 7) is 2.91. The number of hydrogen-bond acceptors (Lipinski definition) is 4. The molecular formula is C14H19NO2S. The molecule has 0 saturated carbocycles. The molecule has 1 unspecified atom stereocenters. The Bertz CT molecular complexity index is 450. The second kappa shape index (κ2) is 6.71. The molecule has 0 aliphatic heterocycles. The molecule has 2 rings (SSSR count). The number of thioether (sulfide) groups is 1. The standard InChI is InChI=1S/C14H19NO2S/c1-11(8-12-4-3-7-16-12)15-9-13-5-6-14(17-13)10-18-2/h3-7,11,15H,8-10H2,1-2H3. The molecular weight excluding hydrogens is 246 g/mol. The zero-order valence-electron chi connectivity index (χ0n) is 10.8. The van der Waals surface area contributed by atoms with Crippen molar-refractivity contribution in [2.45, 2.75) is 31.7 Å². The van der Waals surface area contributed by atoms with Crippen molar-refractivity contribution in [3.05, 3.63) is 47.8 Å². The first kappa shape index (κ1) is 13.3. The van der Waals surface area contributed by atoms with E-state index in [-0.39, 0.29) is 0 Å². The molecule has 0 aliphatic rings. The Kier molecular flexibility index (Phi) is 4.96. The fourth-order valence-corrected chi connectivity index (χ4v) is 2.25. The molecule has 98 valence electrons. The lowest BCUT2D eigenvalue weighted by atomic mass is 10.2. The molecule has 1 atom stereocenters. The van der Waals surface area contributed by atoms with E-state index in [0.717, 1.165) is 36.0 Å². The van der Waals surface area contributed by atoms with Crippen LogP contribution in [-0.2, 0) is 18.7 Å². The van der Waals surface area contributed by atoms with Crippen LogP contribution >= 0.6 is 11.8 Å². The van der Waals surface area contributed by atoms with E-state index in [1.54, 1.807) is 18.0 Å². The minimum atomic E-state index is 0.366. The Morgan fingerprint density at radius 1 is 1.22 bits per heavy atom. The van der Waals surface area contributed by atoms with Gasteiger partial charge in [-0.1, -0.05) is 0 Å². The van der Waals surface area contributed by atoms with E-state index in [1.165, 1.54) is 0 Å². The minimum absolute atomic E-state index is 0.366. The van der Waals surface area contributed by atoms with E-state index in [4.69, 9.17) is 8.83 Å². The highest BCUT2D eigenvalue weighted by Crippen LogP contribution is 2.13. The molecule has 0 aliphatic carbocycles. The van der Waals surface area contributed by atoms with Gasteiger partial charge in [-0.25, -0.2) is 0 Å². The van der Waals surface area contributed by atoms with E-state index in [2.05, 4.69) is 18.5 Å². The largest absolute Gasteiger partial charge is 0.469 e. The average Bonchev–Trinajstić information content (AvgIpc) is 2.99. The normalized spacial score (nSPS) is 12.8. The number of furan rings is 2. The summed E-state index contributed by atoms with van der Waals surface area (Å²) in [4.78, 5) is 0. The van der Waals surface area contributed by atoms with E-state index in [1.807, 2.05) is 24.3 Å². The van der Waals surface area contributed by atoms with Crippen molar-refractivity contribution in [1.82, 2.24) is 5.32 Å². The van der Waals surface area contributed by atoms with Crippen LogP contribution in [0.15, 0.2) is 39.4 Å². The average molecular weight is 265 g/mol. The third kappa shape index (κ3) is 3.96. The van der Waals surface area contributed by atoms with Gasteiger partial charge in [-0.2, -0.15) is 11.8 Å². The summed E-state index contributed by atoms with van der Waals surface area (Å²) in [7, 11) is 0. The van der Waals surface area contributed by atoms with Gasteiger partial charge in [-0.3, -0.25) is 0 Å². The third-order valence-corrected chi connectivity index (χ3v) is 3.29. The maximum absolute atomic E-state index is 5.70. The SMILES string of the molecule is CSCc1ccc(CNC(C)Cc2ccco2)o1. The van der Waals surface area contributed by atoms with Crippen molar-refractivity contribution in [2.24, 2.45) is 0 Å². The molecule has 0 bridgehead atoms. The maximum atomic E-state index is 5.70. The number of nitrogens with one attached hydrogen (secondary N) is 1. The van der Waals surface area contributed by atoms with E-state index in [9.17, 15) is 0 Å². The molecule has 18 heavy (non-hydrogen) atoms. The summed E-state index contributed by atoms with van der Waals surface area (Å²) >= 11 is 1.77. The van der Waals surface area contributed by atoms with Crippen LogP contribution in [0, 0.1) is 0 Å². The Balaban J connectivity index is 1.76. The predicted molar refractivity (Wildman–Crippen MR) is 74.6 cm³/mol. The summed E-state index contributed by atoms with van der Waals surface area (Å²) in [6, 6.07) is 8.37. The van der Waals surface area contributed by atoms with E-state index < -0.39 is 0 Å². The van der Waals surface area contributed by atoms with Gasteiger partial charge in [0.15, 0.2) is 0 Å². The molecule has 0 saturated heterocycles. The Morgan fingerprint density at radius 2 is 2.06 bits per heavy atom. The highest BCUT2D eigenvalue weighted by atomic mass is 32.2. The molecule has 3 nitrogen and oxygen atoms in total. The molecule has 0 fully saturated rings. The van der Waals surface area contributed by atoms with Gasteiger partial charge in [0.2, 0.25) is 0 Å². The van der Waals surface area contributed by atoms with Gasteiger partial charge in [0.25, 0.3) is 0 Å². The Hall–Kier alpha value is -1.13. The molecule has 4 heteroatoms. The van der Waals surface area contributed by atoms with Crippen molar-refractivity contribution in [2.75, 3.05) is 6.26 Å². The second-order valence-corrected chi connectivity index (χ2v) is 5.23. The molecule has 0 amide bonds. The van der Waals surface area contributed by atoms with Crippen LogP contribution in [0.4, 0.5) is 0 Å². The van der Waals surface area contributed by atoms with Crippen LogP contribution in [0.3, 0.4) is 0 Å². The summed E-state index contributed by atoms with van der Waals surface area (Å²) in [5.74, 6) is 3.97. The summed E-state index contributed by atoms with van der Waals surface area (Å²) in [6.07, 6.45) is 4.68.